The van der Waals surface area contributed by atoms with Crippen LogP contribution in [0.15, 0.2) is 64.4 Å². The molecule has 0 heterocycles. The molecular formula is C16H16OS. The van der Waals surface area contributed by atoms with E-state index in [-0.39, 0.29) is 6.61 Å². The molecule has 2 aromatic carbocycles. The maximum atomic E-state index is 9.41. The van der Waals surface area contributed by atoms with E-state index in [0.29, 0.717) is 0 Å². The zero-order chi connectivity index (χ0) is 12.8. The Kier molecular flexibility index (Phi) is 4.62. The fraction of sp³-hybridized carbons (Fsp3) is 0.125. The molecule has 0 saturated carbocycles. The summed E-state index contributed by atoms with van der Waals surface area (Å²) in [5.74, 6) is 0. The highest BCUT2D eigenvalue weighted by Gasteiger charge is 2.00. The van der Waals surface area contributed by atoms with Crippen LogP contribution < -0.4 is 0 Å². The van der Waals surface area contributed by atoms with E-state index in [2.05, 4.69) is 31.2 Å². The summed E-state index contributed by atoms with van der Waals surface area (Å²) in [6, 6.07) is 18.4. The summed E-state index contributed by atoms with van der Waals surface area (Å²) in [5, 5.41) is 9.41. The molecule has 0 amide bonds. The monoisotopic (exact) mass is 256 g/mol. The van der Waals surface area contributed by atoms with Gasteiger partial charge in [0.2, 0.25) is 0 Å². The van der Waals surface area contributed by atoms with Crippen molar-refractivity contribution in [2.45, 2.75) is 11.8 Å². The van der Waals surface area contributed by atoms with Gasteiger partial charge in [-0.25, -0.2) is 0 Å². The summed E-state index contributed by atoms with van der Waals surface area (Å²) in [5.41, 5.74) is 2.36. The van der Waals surface area contributed by atoms with Crippen molar-refractivity contribution in [1.29, 1.82) is 0 Å². The fourth-order valence-corrected chi connectivity index (χ4v) is 2.43. The standard InChI is InChI=1S/C16H16OS/c1-13-7-9-15(10-8-13)18-16(12-17)11-14-5-3-2-4-6-14/h2-11,17H,12H2,1H3/b16-11+. The van der Waals surface area contributed by atoms with Crippen LogP contribution in [0.2, 0.25) is 0 Å². The lowest BCUT2D eigenvalue weighted by molar-refractivity contribution is 0.340. The average Bonchev–Trinajstić information content (AvgIpc) is 2.41. The van der Waals surface area contributed by atoms with E-state index in [1.165, 1.54) is 5.56 Å². The van der Waals surface area contributed by atoms with Gasteiger partial charge in [0.1, 0.15) is 0 Å². The number of aliphatic hydroxyl groups is 1. The van der Waals surface area contributed by atoms with E-state index in [1.807, 2.05) is 36.4 Å². The molecule has 2 heteroatoms. The van der Waals surface area contributed by atoms with Crippen molar-refractivity contribution >= 4 is 17.8 Å². The van der Waals surface area contributed by atoms with Gasteiger partial charge in [0, 0.05) is 9.80 Å². The largest absolute Gasteiger partial charge is 0.391 e. The van der Waals surface area contributed by atoms with Gasteiger partial charge in [-0.3, -0.25) is 0 Å². The zero-order valence-electron chi connectivity index (χ0n) is 10.3. The molecule has 92 valence electrons. The maximum absolute atomic E-state index is 9.41. The van der Waals surface area contributed by atoms with E-state index < -0.39 is 0 Å². The van der Waals surface area contributed by atoms with Gasteiger partial charge in [-0.15, -0.1) is 0 Å². The quantitative estimate of drug-likeness (QED) is 0.830. The normalized spacial score (nSPS) is 11.6. The van der Waals surface area contributed by atoms with E-state index in [0.717, 1.165) is 15.4 Å². The van der Waals surface area contributed by atoms with Crippen LogP contribution in [0.3, 0.4) is 0 Å². The molecule has 0 aliphatic rings. The lowest BCUT2D eigenvalue weighted by Crippen LogP contribution is -1.86. The van der Waals surface area contributed by atoms with Crippen LogP contribution >= 0.6 is 11.8 Å². The highest BCUT2D eigenvalue weighted by atomic mass is 32.2. The Morgan fingerprint density at radius 1 is 1.06 bits per heavy atom. The number of aliphatic hydroxyl groups excluding tert-OH is 1. The third-order valence-electron chi connectivity index (χ3n) is 2.55. The number of benzene rings is 2. The van der Waals surface area contributed by atoms with Crippen LogP contribution in [0.25, 0.3) is 6.08 Å². The Morgan fingerprint density at radius 2 is 1.72 bits per heavy atom. The summed E-state index contributed by atoms with van der Waals surface area (Å²) in [6.45, 7) is 2.13. The fourth-order valence-electron chi connectivity index (χ4n) is 1.60. The molecule has 0 atom stereocenters. The number of hydrogen-bond acceptors (Lipinski definition) is 2. The van der Waals surface area contributed by atoms with Gasteiger partial charge >= 0.3 is 0 Å². The van der Waals surface area contributed by atoms with Crippen molar-refractivity contribution < 1.29 is 5.11 Å². The Bertz CT molecular complexity index is 515. The molecule has 0 fully saturated rings. The summed E-state index contributed by atoms with van der Waals surface area (Å²) < 4.78 is 0. The maximum Gasteiger partial charge on any atom is 0.0744 e. The highest BCUT2D eigenvalue weighted by Crippen LogP contribution is 2.27. The Morgan fingerprint density at radius 3 is 2.33 bits per heavy atom. The first-order valence-electron chi connectivity index (χ1n) is 5.89. The van der Waals surface area contributed by atoms with E-state index >= 15 is 0 Å². The van der Waals surface area contributed by atoms with Crippen molar-refractivity contribution in [1.82, 2.24) is 0 Å². The van der Waals surface area contributed by atoms with E-state index in [4.69, 9.17) is 0 Å². The Hall–Kier alpha value is -1.51. The SMILES string of the molecule is Cc1ccc(S/C(=C/c2ccccc2)CO)cc1. The Balaban J connectivity index is 2.15. The zero-order valence-corrected chi connectivity index (χ0v) is 11.2. The second-order valence-corrected chi connectivity index (χ2v) is 5.29. The molecule has 0 radical (unpaired) electrons. The average molecular weight is 256 g/mol. The lowest BCUT2D eigenvalue weighted by Gasteiger charge is -2.05. The first-order valence-corrected chi connectivity index (χ1v) is 6.70. The molecule has 1 N–H and O–H groups in total. The second kappa shape index (κ2) is 6.43. The molecule has 0 aromatic heterocycles. The van der Waals surface area contributed by atoms with Crippen molar-refractivity contribution in [3.05, 3.63) is 70.6 Å². The third kappa shape index (κ3) is 3.76. The number of rotatable bonds is 4. The minimum Gasteiger partial charge on any atom is -0.391 e. The Labute approximate surface area is 112 Å². The van der Waals surface area contributed by atoms with Crippen LogP contribution in [0.5, 0.6) is 0 Å². The van der Waals surface area contributed by atoms with Gasteiger partial charge < -0.3 is 5.11 Å². The predicted octanol–water partition coefficient (Wildman–Crippen LogP) is 4.12. The predicted molar refractivity (Wildman–Crippen MR) is 78.5 cm³/mol. The van der Waals surface area contributed by atoms with Crippen molar-refractivity contribution in [3.63, 3.8) is 0 Å². The van der Waals surface area contributed by atoms with Gasteiger partial charge in [-0.1, -0.05) is 59.8 Å². The molecule has 0 bridgehead atoms. The van der Waals surface area contributed by atoms with Crippen LogP contribution in [-0.4, -0.2) is 11.7 Å². The first kappa shape index (κ1) is 12.9. The van der Waals surface area contributed by atoms with E-state index in [9.17, 15) is 5.11 Å². The minimum atomic E-state index is 0.0629. The molecule has 18 heavy (non-hydrogen) atoms. The van der Waals surface area contributed by atoms with E-state index in [1.54, 1.807) is 11.8 Å². The summed E-state index contributed by atoms with van der Waals surface area (Å²) in [4.78, 5) is 2.10. The van der Waals surface area contributed by atoms with Gasteiger partial charge in [-0.2, -0.15) is 0 Å². The molecule has 0 aliphatic heterocycles. The van der Waals surface area contributed by atoms with Crippen LogP contribution in [0.1, 0.15) is 11.1 Å². The first-order chi connectivity index (χ1) is 8.78. The van der Waals surface area contributed by atoms with Gasteiger partial charge in [0.05, 0.1) is 6.61 Å². The van der Waals surface area contributed by atoms with Crippen LogP contribution in [0.4, 0.5) is 0 Å². The minimum absolute atomic E-state index is 0.0629. The van der Waals surface area contributed by atoms with Gasteiger partial charge in [0.25, 0.3) is 0 Å². The highest BCUT2D eigenvalue weighted by molar-refractivity contribution is 8.03. The summed E-state index contributed by atoms with van der Waals surface area (Å²) >= 11 is 1.60. The van der Waals surface area contributed by atoms with Crippen LogP contribution in [-0.2, 0) is 0 Å². The number of hydrogen-bond donors (Lipinski definition) is 1. The van der Waals surface area contributed by atoms with Crippen molar-refractivity contribution in [2.24, 2.45) is 0 Å². The van der Waals surface area contributed by atoms with Crippen molar-refractivity contribution in [2.75, 3.05) is 6.61 Å². The molecule has 0 unspecified atom stereocenters. The molecular weight excluding hydrogens is 240 g/mol. The number of thioether (sulfide) groups is 1. The molecule has 0 saturated heterocycles. The van der Waals surface area contributed by atoms with Gasteiger partial charge in [0.15, 0.2) is 0 Å². The smallest absolute Gasteiger partial charge is 0.0744 e. The molecule has 1 nitrogen and oxygen atoms in total. The van der Waals surface area contributed by atoms with Gasteiger partial charge in [-0.05, 0) is 30.7 Å². The molecule has 0 spiro atoms. The molecule has 0 aliphatic carbocycles. The van der Waals surface area contributed by atoms with Crippen LogP contribution in [0, 0.1) is 6.92 Å². The summed E-state index contributed by atoms with van der Waals surface area (Å²) in [6.07, 6.45) is 2.02. The third-order valence-corrected chi connectivity index (χ3v) is 3.57. The lowest BCUT2D eigenvalue weighted by atomic mass is 10.2. The number of aryl methyl sites for hydroxylation is 1. The summed E-state index contributed by atoms with van der Waals surface area (Å²) in [7, 11) is 0. The topological polar surface area (TPSA) is 20.2 Å². The van der Waals surface area contributed by atoms with Crippen molar-refractivity contribution in [3.8, 4) is 0 Å². The molecule has 2 rings (SSSR count). The second-order valence-electron chi connectivity index (χ2n) is 4.09. The molecule has 2 aromatic rings.